The molecule has 1 aliphatic heterocycles. The van der Waals surface area contributed by atoms with Crippen LogP contribution < -0.4 is 0 Å². The lowest BCUT2D eigenvalue weighted by Gasteiger charge is -2.17. The third kappa shape index (κ3) is 2.43. The number of carbonyl (C=O) groups excluding carboxylic acids is 1. The number of carbonyl (C=O) groups is 1. The standard InChI is InChI=1S/C20H13F3O2/c21-20(22,23)19(16-8-2-1-3-9-16)18(25-19)17(24)15-11-10-13-6-4-5-7-14(13)12-15/h1-12,18H/t18-,19+/m1/s1. The molecule has 5 heteroatoms. The Morgan fingerprint density at radius 1 is 0.880 bits per heavy atom. The zero-order valence-electron chi connectivity index (χ0n) is 13.0. The second-order valence-corrected chi connectivity index (χ2v) is 6.02. The van der Waals surface area contributed by atoms with E-state index in [0.717, 1.165) is 10.8 Å². The topological polar surface area (TPSA) is 29.6 Å². The van der Waals surface area contributed by atoms with Gasteiger partial charge in [-0.15, -0.1) is 0 Å². The van der Waals surface area contributed by atoms with Gasteiger partial charge in [0.05, 0.1) is 0 Å². The number of hydrogen-bond donors (Lipinski definition) is 0. The molecule has 126 valence electrons. The van der Waals surface area contributed by atoms with Crippen LogP contribution in [0, 0.1) is 0 Å². The van der Waals surface area contributed by atoms with Gasteiger partial charge in [-0.3, -0.25) is 4.79 Å². The number of ketones is 1. The molecule has 0 spiro atoms. The molecular formula is C20H13F3O2. The van der Waals surface area contributed by atoms with Gasteiger partial charge >= 0.3 is 6.18 Å². The van der Waals surface area contributed by atoms with Crippen molar-refractivity contribution in [2.24, 2.45) is 0 Å². The Bertz CT molecular complexity index is 950. The number of hydrogen-bond acceptors (Lipinski definition) is 2. The second kappa shape index (κ2) is 5.43. The van der Waals surface area contributed by atoms with E-state index in [1.807, 2.05) is 24.3 Å². The normalized spacial score (nSPS) is 22.8. The summed E-state index contributed by atoms with van der Waals surface area (Å²) in [4.78, 5) is 12.7. The molecule has 0 saturated carbocycles. The predicted octanol–water partition coefficient (Wildman–Crippen LogP) is 4.88. The van der Waals surface area contributed by atoms with Gasteiger partial charge in [-0.25, -0.2) is 0 Å². The zero-order chi connectivity index (χ0) is 17.7. The number of fused-ring (bicyclic) bond motifs is 1. The van der Waals surface area contributed by atoms with Crippen LogP contribution in [0.5, 0.6) is 0 Å². The number of ether oxygens (including phenoxy) is 1. The lowest BCUT2D eigenvalue weighted by molar-refractivity contribution is -0.187. The van der Waals surface area contributed by atoms with Crippen molar-refractivity contribution in [3.05, 3.63) is 83.9 Å². The van der Waals surface area contributed by atoms with Gasteiger partial charge in [-0.05, 0) is 22.4 Å². The van der Waals surface area contributed by atoms with E-state index >= 15 is 0 Å². The van der Waals surface area contributed by atoms with Crippen LogP contribution >= 0.6 is 0 Å². The summed E-state index contributed by atoms with van der Waals surface area (Å²) >= 11 is 0. The maximum atomic E-state index is 13.7. The van der Waals surface area contributed by atoms with Crippen LogP contribution in [0.2, 0.25) is 0 Å². The monoisotopic (exact) mass is 342 g/mol. The third-order valence-electron chi connectivity index (χ3n) is 4.51. The first kappa shape index (κ1) is 15.8. The van der Waals surface area contributed by atoms with E-state index in [2.05, 4.69) is 0 Å². The molecule has 3 aromatic carbocycles. The van der Waals surface area contributed by atoms with E-state index in [1.165, 1.54) is 24.3 Å². The second-order valence-electron chi connectivity index (χ2n) is 6.02. The molecule has 0 unspecified atom stereocenters. The van der Waals surface area contributed by atoms with Crippen LogP contribution in [0.3, 0.4) is 0 Å². The van der Waals surface area contributed by atoms with Gasteiger partial charge in [0.25, 0.3) is 0 Å². The average Bonchev–Trinajstić information content (AvgIpc) is 3.38. The van der Waals surface area contributed by atoms with Gasteiger partial charge in [0.15, 0.2) is 11.9 Å². The van der Waals surface area contributed by atoms with E-state index in [1.54, 1.807) is 24.3 Å². The smallest absolute Gasteiger partial charge is 0.343 e. The molecule has 0 amide bonds. The minimum atomic E-state index is -4.68. The summed E-state index contributed by atoms with van der Waals surface area (Å²) in [6, 6.07) is 19.5. The fourth-order valence-electron chi connectivity index (χ4n) is 3.17. The molecule has 1 fully saturated rings. The van der Waals surface area contributed by atoms with Crippen molar-refractivity contribution in [3.8, 4) is 0 Å². The Morgan fingerprint density at radius 3 is 2.20 bits per heavy atom. The highest BCUT2D eigenvalue weighted by Gasteiger charge is 2.76. The minimum absolute atomic E-state index is 0.0540. The van der Waals surface area contributed by atoms with Gasteiger partial charge in [0.2, 0.25) is 5.60 Å². The Balaban J connectivity index is 1.73. The molecule has 0 aromatic heterocycles. The van der Waals surface area contributed by atoms with Crippen LogP contribution in [0.15, 0.2) is 72.8 Å². The Labute approximate surface area is 141 Å². The average molecular weight is 342 g/mol. The SMILES string of the molecule is O=C(c1ccc2ccccc2c1)[C@H]1O[C@]1(c1ccccc1)C(F)(F)F. The van der Waals surface area contributed by atoms with E-state index < -0.39 is 23.7 Å². The van der Waals surface area contributed by atoms with Crippen LogP contribution in [-0.4, -0.2) is 18.1 Å². The minimum Gasteiger partial charge on any atom is -0.343 e. The molecule has 0 radical (unpaired) electrons. The van der Waals surface area contributed by atoms with Crippen molar-refractivity contribution in [3.63, 3.8) is 0 Å². The van der Waals surface area contributed by atoms with Gasteiger partial charge < -0.3 is 4.74 Å². The van der Waals surface area contributed by atoms with Crippen LogP contribution in [0.1, 0.15) is 15.9 Å². The molecule has 0 aliphatic carbocycles. The van der Waals surface area contributed by atoms with Gasteiger partial charge in [0, 0.05) is 5.56 Å². The molecule has 1 heterocycles. The van der Waals surface area contributed by atoms with E-state index in [0.29, 0.717) is 0 Å². The molecule has 25 heavy (non-hydrogen) atoms. The summed E-state index contributed by atoms with van der Waals surface area (Å²) in [6.45, 7) is 0. The van der Waals surface area contributed by atoms with Crippen LogP contribution in [-0.2, 0) is 10.3 Å². The molecule has 2 nitrogen and oxygen atoms in total. The molecule has 2 atom stereocenters. The Morgan fingerprint density at radius 2 is 1.52 bits per heavy atom. The lowest BCUT2D eigenvalue weighted by Crippen LogP contribution is -2.35. The summed E-state index contributed by atoms with van der Waals surface area (Å²) in [6.07, 6.45) is -6.23. The highest BCUT2D eigenvalue weighted by Crippen LogP contribution is 2.58. The first-order chi connectivity index (χ1) is 11.9. The maximum Gasteiger partial charge on any atom is 0.424 e. The van der Waals surface area contributed by atoms with Crippen molar-refractivity contribution >= 4 is 16.6 Å². The molecule has 4 rings (SSSR count). The number of rotatable bonds is 3. The number of Topliss-reactive ketones (excluding diaryl/α,β-unsaturated/α-hetero) is 1. The fourth-order valence-corrected chi connectivity index (χ4v) is 3.17. The van der Waals surface area contributed by atoms with E-state index in [4.69, 9.17) is 4.74 Å². The Kier molecular flexibility index (Phi) is 3.44. The molecule has 1 aliphatic rings. The van der Waals surface area contributed by atoms with Crippen molar-refractivity contribution in [2.75, 3.05) is 0 Å². The van der Waals surface area contributed by atoms with Crippen molar-refractivity contribution in [1.82, 2.24) is 0 Å². The van der Waals surface area contributed by atoms with E-state index in [9.17, 15) is 18.0 Å². The summed E-state index contributed by atoms with van der Waals surface area (Å²) in [7, 11) is 0. The molecule has 1 saturated heterocycles. The van der Waals surface area contributed by atoms with Crippen molar-refractivity contribution < 1.29 is 22.7 Å². The number of alkyl halides is 3. The fraction of sp³-hybridized carbons (Fsp3) is 0.150. The number of halogens is 3. The predicted molar refractivity (Wildman–Crippen MR) is 87.3 cm³/mol. The third-order valence-corrected chi connectivity index (χ3v) is 4.51. The summed E-state index contributed by atoms with van der Waals surface area (Å²) in [5, 5.41) is 1.72. The first-order valence-corrected chi connectivity index (χ1v) is 7.76. The van der Waals surface area contributed by atoms with Crippen molar-refractivity contribution in [2.45, 2.75) is 17.9 Å². The van der Waals surface area contributed by atoms with E-state index in [-0.39, 0.29) is 11.1 Å². The first-order valence-electron chi connectivity index (χ1n) is 7.76. The number of benzene rings is 3. The summed E-state index contributed by atoms with van der Waals surface area (Å²) in [5.74, 6) is -0.660. The molecule has 3 aromatic rings. The maximum absolute atomic E-state index is 13.7. The summed E-state index contributed by atoms with van der Waals surface area (Å²) < 4.78 is 46.1. The van der Waals surface area contributed by atoms with Crippen LogP contribution in [0.25, 0.3) is 10.8 Å². The zero-order valence-corrected chi connectivity index (χ0v) is 13.0. The molecule has 0 bridgehead atoms. The quantitative estimate of drug-likeness (QED) is 0.501. The summed E-state index contributed by atoms with van der Waals surface area (Å²) in [5.41, 5.74) is -2.40. The lowest BCUT2D eigenvalue weighted by atomic mass is 9.90. The number of epoxide rings is 1. The highest BCUT2D eigenvalue weighted by molar-refractivity contribution is 6.04. The largest absolute Gasteiger partial charge is 0.424 e. The Hall–Kier alpha value is -2.66. The molecular weight excluding hydrogens is 329 g/mol. The van der Waals surface area contributed by atoms with Gasteiger partial charge in [-0.1, -0.05) is 66.7 Å². The van der Waals surface area contributed by atoms with Crippen LogP contribution in [0.4, 0.5) is 13.2 Å². The van der Waals surface area contributed by atoms with Gasteiger partial charge in [0.1, 0.15) is 0 Å². The highest BCUT2D eigenvalue weighted by atomic mass is 19.4. The molecule has 0 N–H and O–H groups in total. The van der Waals surface area contributed by atoms with Gasteiger partial charge in [-0.2, -0.15) is 13.2 Å². The van der Waals surface area contributed by atoms with Crippen molar-refractivity contribution in [1.29, 1.82) is 0 Å².